The van der Waals surface area contributed by atoms with Gasteiger partial charge in [0, 0.05) is 5.71 Å². The fourth-order valence-corrected chi connectivity index (χ4v) is 0.209. The monoisotopic (exact) mass is 98.1 g/mol. The van der Waals surface area contributed by atoms with Gasteiger partial charge in [-0.25, -0.2) is 0 Å². The average molecular weight is 98.1 g/mol. The molecule has 0 radical (unpaired) electrons. The molecule has 7 heavy (non-hydrogen) atoms. The van der Waals surface area contributed by atoms with Crippen LogP contribution in [0.15, 0.2) is 17.6 Å². The van der Waals surface area contributed by atoms with Crippen molar-refractivity contribution in [2.75, 3.05) is 6.67 Å². The molecule has 2 nitrogen and oxygen atoms in total. The third kappa shape index (κ3) is 3.19. The lowest BCUT2D eigenvalue weighted by atomic mass is 10.4. The third-order valence-electron chi connectivity index (χ3n) is 0.636. The maximum absolute atomic E-state index is 5.07. The molecule has 0 rings (SSSR count). The molecule has 0 saturated carbocycles. The summed E-state index contributed by atoms with van der Waals surface area (Å²) in [6.07, 6.45) is 1.67. The summed E-state index contributed by atoms with van der Waals surface area (Å²) in [6, 6.07) is 0. The Morgan fingerprint density at radius 3 is 2.71 bits per heavy atom. The second-order valence-electron chi connectivity index (χ2n) is 1.19. The lowest BCUT2D eigenvalue weighted by molar-refractivity contribution is 1.07. The Kier molecular flexibility index (Phi) is 3.24. The molecule has 0 aliphatic carbocycles. The van der Waals surface area contributed by atoms with Crippen LogP contribution in [0, 0.1) is 0 Å². The molecule has 0 amide bonds. The smallest absolute Gasteiger partial charge is 0.0862 e. The number of nitrogens with zero attached hydrogens (tertiary/aromatic N) is 1. The first kappa shape index (κ1) is 6.37. The zero-order valence-electron chi connectivity index (χ0n) is 4.52. The zero-order chi connectivity index (χ0) is 5.70. The van der Waals surface area contributed by atoms with Crippen LogP contribution in [0.25, 0.3) is 0 Å². The minimum Gasteiger partial charge on any atom is -0.312 e. The van der Waals surface area contributed by atoms with Crippen molar-refractivity contribution in [3.8, 4) is 0 Å². The summed E-state index contributed by atoms with van der Waals surface area (Å²) in [7, 11) is 0. The van der Waals surface area contributed by atoms with Crippen LogP contribution in [0.2, 0.25) is 0 Å². The van der Waals surface area contributed by atoms with Crippen molar-refractivity contribution in [2.45, 2.75) is 6.92 Å². The van der Waals surface area contributed by atoms with Crippen LogP contribution >= 0.6 is 0 Å². The molecule has 0 aliphatic heterocycles. The standard InChI is InChI=1S/C5H10N2/c1-3-5(2)7-4-6/h3H,1,4,6H2,2H3. The molecular formula is C5H10N2. The summed E-state index contributed by atoms with van der Waals surface area (Å²) in [4.78, 5) is 3.82. The molecule has 0 aromatic rings. The van der Waals surface area contributed by atoms with Crippen LogP contribution < -0.4 is 5.73 Å². The van der Waals surface area contributed by atoms with E-state index >= 15 is 0 Å². The van der Waals surface area contributed by atoms with Gasteiger partial charge in [-0.1, -0.05) is 6.58 Å². The van der Waals surface area contributed by atoms with Crippen LogP contribution in [0.5, 0.6) is 0 Å². The molecule has 0 aliphatic rings. The first-order chi connectivity index (χ1) is 3.31. The number of allylic oxidation sites excluding steroid dienone is 1. The summed E-state index contributed by atoms with van der Waals surface area (Å²) in [5.74, 6) is 0. The molecule has 0 aromatic carbocycles. The molecule has 2 heteroatoms. The minimum absolute atomic E-state index is 0.359. The summed E-state index contributed by atoms with van der Waals surface area (Å²) in [5.41, 5.74) is 5.96. The van der Waals surface area contributed by atoms with E-state index in [0.717, 1.165) is 5.71 Å². The van der Waals surface area contributed by atoms with E-state index < -0.39 is 0 Å². The second-order valence-corrected chi connectivity index (χ2v) is 1.19. The Morgan fingerprint density at radius 2 is 2.57 bits per heavy atom. The van der Waals surface area contributed by atoms with Gasteiger partial charge in [-0.3, -0.25) is 4.99 Å². The van der Waals surface area contributed by atoms with E-state index in [0.29, 0.717) is 6.67 Å². The lowest BCUT2D eigenvalue weighted by Gasteiger charge is -1.83. The quantitative estimate of drug-likeness (QED) is 0.503. The van der Waals surface area contributed by atoms with Crippen LogP contribution in [-0.2, 0) is 0 Å². The van der Waals surface area contributed by atoms with E-state index in [1.54, 1.807) is 6.08 Å². The van der Waals surface area contributed by atoms with Crippen molar-refractivity contribution in [1.82, 2.24) is 0 Å². The van der Waals surface area contributed by atoms with E-state index in [9.17, 15) is 0 Å². The molecule has 0 spiro atoms. The number of aliphatic imine (C=N–C) groups is 1. The number of hydrogen-bond donors (Lipinski definition) is 1. The molecule has 0 bridgehead atoms. The van der Waals surface area contributed by atoms with Gasteiger partial charge in [0.05, 0.1) is 6.67 Å². The van der Waals surface area contributed by atoms with Gasteiger partial charge in [0.15, 0.2) is 0 Å². The maximum Gasteiger partial charge on any atom is 0.0862 e. The Bertz CT molecular complexity index is 84.1. The average Bonchev–Trinajstić information content (AvgIpc) is 1.68. The minimum atomic E-state index is 0.359. The number of nitrogens with two attached hydrogens (primary N) is 1. The van der Waals surface area contributed by atoms with Crippen molar-refractivity contribution in [3.05, 3.63) is 12.7 Å². The number of hydrogen-bond acceptors (Lipinski definition) is 2. The Balaban J connectivity index is 3.49. The van der Waals surface area contributed by atoms with E-state index in [1.807, 2.05) is 6.92 Å². The van der Waals surface area contributed by atoms with Crippen molar-refractivity contribution in [1.29, 1.82) is 0 Å². The summed E-state index contributed by atoms with van der Waals surface area (Å²) in [6.45, 7) is 5.71. The normalized spacial score (nSPS) is 11.4. The Hall–Kier alpha value is -0.630. The first-order valence-corrected chi connectivity index (χ1v) is 2.15. The van der Waals surface area contributed by atoms with Gasteiger partial charge in [-0.2, -0.15) is 0 Å². The number of rotatable bonds is 2. The molecule has 0 fully saturated rings. The van der Waals surface area contributed by atoms with Gasteiger partial charge in [0.2, 0.25) is 0 Å². The molecular weight excluding hydrogens is 88.1 g/mol. The second kappa shape index (κ2) is 3.56. The van der Waals surface area contributed by atoms with E-state index in [2.05, 4.69) is 11.6 Å². The fourth-order valence-electron chi connectivity index (χ4n) is 0.209. The summed E-state index contributed by atoms with van der Waals surface area (Å²) in [5, 5.41) is 0. The lowest BCUT2D eigenvalue weighted by Crippen LogP contribution is -1.96. The Labute approximate surface area is 43.7 Å². The van der Waals surface area contributed by atoms with Crippen LogP contribution in [0.3, 0.4) is 0 Å². The van der Waals surface area contributed by atoms with Crippen LogP contribution in [0.4, 0.5) is 0 Å². The highest BCUT2D eigenvalue weighted by atomic mass is 14.9. The molecule has 0 unspecified atom stereocenters. The SMILES string of the molecule is C=CC(C)=NCN. The van der Waals surface area contributed by atoms with Crippen molar-refractivity contribution < 1.29 is 0 Å². The summed E-state index contributed by atoms with van der Waals surface area (Å²) >= 11 is 0. The van der Waals surface area contributed by atoms with Crippen molar-refractivity contribution in [2.24, 2.45) is 10.7 Å². The van der Waals surface area contributed by atoms with Gasteiger partial charge in [-0.05, 0) is 13.0 Å². The predicted octanol–water partition coefficient (Wildman–Crippen LogP) is 0.550. The molecule has 0 atom stereocenters. The molecule has 2 N–H and O–H groups in total. The highest BCUT2D eigenvalue weighted by Crippen LogP contribution is 1.72. The molecule has 0 aromatic heterocycles. The topological polar surface area (TPSA) is 38.4 Å². The molecule has 0 heterocycles. The van der Waals surface area contributed by atoms with Gasteiger partial charge >= 0.3 is 0 Å². The van der Waals surface area contributed by atoms with Gasteiger partial charge in [0.1, 0.15) is 0 Å². The van der Waals surface area contributed by atoms with Crippen LogP contribution in [0.1, 0.15) is 6.92 Å². The largest absolute Gasteiger partial charge is 0.312 e. The van der Waals surface area contributed by atoms with E-state index in [4.69, 9.17) is 5.73 Å². The maximum atomic E-state index is 5.07. The van der Waals surface area contributed by atoms with Crippen molar-refractivity contribution in [3.63, 3.8) is 0 Å². The zero-order valence-corrected chi connectivity index (χ0v) is 4.52. The first-order valence-electron chi connectivity index (χ1n) is 2.15. The predicted molar refractivity (Wildman–Crippen MR) is 32.4 cm³/mol. The summed E-state index contributed by atoms with van der Waals surface area (Å²) < 4.78 is 0. The highest BCUT2D eigenvalue weighted by Gasteiger charge is 1.72. The van der Waals surface area contributed by atoms with Crippen LogP contribution in [-0.4, -0.2) is 12.4 Å². The van der Waals surface area contributed by atoms with Gasteiger partial charge in [-0.15, -0.1) is 0 Å². The Morgan fingerprint density at radius 1 is 2.00 bits per heavy atom. The molecule has 40 valence electrons. The third-order valence-corrected chi connectivity index (χ3v) is 0.636. The fraction of sp³-hybridized carbons (Fsp3) is 0.400. The van der Waals surface area contributed by atoms with Gasteiger partial charge in [0.25, 0.3) is 0 Å². The van der Waals surface area contributed by atoms with E-state index in [1.165, 1.54) is 0 Å². The highest BCUT2D eigenvalue weighted by molar-refractivity contribution is 5.92. The van der Waals surface area contributed by atoms with E-state index in [-0.39, 0.29) is 0 Å². The molecule has 0 saturated heterocycles. The van der Waals surface area contributed by atoms with Crippen molar-refractivity contribution >= 4 is 5.71 Å². The van der Waals surface area contributed by atoms with Gasteiger partial charge < -0.3 is 5.73 Å².